The SMILES string of the molecule is COc1cc(C)c2[nH]ccc2c1CN1CC[C@@H](NC2COC2)C[C@@H]1c1ccc(C(=O)O)cc1. The number of hydrogen-bond donors (Lipinski definition) is 3. The monoisotopic (exact) mass is 449 g/mol. The molecule has 0 saturated carbocycles. The second-order valence-corrected chi connectivity index (χ2v) is 9.18. The number of aryl methyl sites for hydroxylation is 1. The number of nitrogens with one attached hydrogen (secondary N) is 2. The van der Waals surface area contributed by atoms with E-state index < -0.39 is 5.97 Å². The number of ether oxygens (including phenoxy) is 2. The van der Waals surface area contributed by atoms with E-state index in [2.05, 4.69) is 34.3 Å². The summed E-state index contributed by atoms with van der Waals surface area (Å²) in [5, 5.41) is 14.3. The predicted molar refractivity (Wildman–Crippen MR) is 127 cm³/mol. The number of carboxylic acids is 1. The number of methoxy groups -OCH3 is 1. The van der Waals surface area contributed by atoms with Gasteiger partial charge in [0.15, 0.2) is 0 Å². The van der Waals surface area contributed by atoms with Crippen molar-refractivity contribution in [3.63, 3.8) is 0 Å². The highest BCUT2D eigenvalue weighted by Gasteiger charge is 2.33. The third-order valence-electron chi connectivity index (χ3n) is 7.06. The number of carboxylic acid groups (broad SMARTS) is 1. The van der Waals surface area contributed by atoms with Crippen LogP contribution in [0, 0.1) is 6.92 Å². The zero-order valence-corrected chi connectivity index (χ0v) is 19.1. The Morgan fingerprint density at radius 2 is 2.03 bits per heavy atom. The quantitative estimate of drug-likeness (QED) is 0.508. The lowest BCUT2D eigenvalue weighted by atomic mass is 9.90. The summed E-state index contributed by atoms with van der Waals surface area (Å²) in [5.74, 6) is 0.0114. The van der Waals surface area contributed by atoms with Gasteiger partial charge in [-0.15, -0.1) is 0 Å². The Bertz CT molecular complexity index is 1140. The van der Waals surface area contributed by atoms with Gasteiger partial charge in [0.25, 0.3) is 0 Å². The van der Waals surface area contributed by atoms with Gasteiger partial charge < -0.3 is 24.9 Å². The standard InChI is InChI=1S/C26H31N3O4/c1-16-11-24(32-2)22(21-7-9-27-25(16)21)13-29-10-8-19(28-20-14-33-15-20)12-23(29)17-3-5-18(6-4-17)26(30)31/h3-7,9,11,19-20,23,27-28H,8,10,12-15H2,1-2H3,(H,30,31)/t19-,23-/m1/s1. The zero-order valence-electron chi connectivity index (χ0n) is 19.1. The lowest BCUT2D eigenvalue weighted by molar-refractivity contribution is -0.0168. The summed E-state index contributed by atoms with van der Waals surface area (Å²) in [4.78, 5) is 17.2. The van der Waals surface area contributed by atoms with Crippen LogP contribution in [0.4, 0.5) is 0 Å². The third kappa shape index (κ3) is 4.36. The minimum Gasteiger partial charge on any atom is -0.496 e. The molecule has 2 fully saturated rings. The summed E-state index contributed by atoms with van der Waals surface area (Å²) in [5.41, 5.74) is 4.96. The van der Waals surface area contributed by atoms with Gasteiger partial charge in [-0.3, -0.25) is 4.90 Å². The van der Waals surface area contributed by atoms with Crippen LogP contribution in [0.15, 0.2) is 42.6 Å². The van der Waals surface area contributed by atoms with Crippen molar-refractivity contribution in [2.24, 2.45) is 0 Å². The fraction of sp³-hybridized carbons (Fsp3) is 0.423. The smallest absolute Gasteiger partial charge is 0.335 e. The van der Waals surface area contributed by atoms with Gasteiger partial charge in [0.1, 0.15) is 5.75 Å². The van der Waals surface area contributed by atoms with Crippen molar-refractivity contribution in [3.8, 4) is 5.75 Å². The van der Waals surface area contributed by atoms with E-state index >= 15 is 0 Å². The molecular weight excluding hydrogens is 418 g/mol. The Balaban J connectivity index is 1.46. The maximum atomic E-state index is 11.4. The predicted octanol–water partition coefficient (Wildman–Crippen LogP) is 3.88. The Labute approximate surface area is 193 Å². The molecule has 2 aliphatic heterocycles. The maximum absolute atomic E-state index is 11.4. The number of carbonyl (C=O) groups is 1. The molecule has 0 bridgehead atoms. The molecule has 2 saturated heterocycles. The molecule has 0 amide bonds. The molecule has 3 heterocycles. The Kier molecular flexibility index (Phi) is 6.10. The number of H-pyrrole nitrogens is 1. The minimum atomic E-state index is -0.897. The Morgan fingerprint density at radius 1 is 1.24 bits per heavy atom. The van der Waals surface area contributed by atoms with Crippen LogP contribution in [0.5, 0.6) is 5.75 Å². The van der Waals surface area contributed by atoms with Crippen molar-refractivity contribution < 1.29 is 19.4 Å². The zero-order chi connectivity index (χ0) is 22.9. The number of fused-ring (bicyclic) bond motifs is 1. The Hall–Kier alpha value is -2.87. The number of piperidine rings is 1. The molecule has 33 heavy (non-hydrogen) atoms. The van der Waals surface area contributed by atoms with Crippen LogP contribution in [0.1, 0.15) is 45.9 Å². The highest BCUT2D eigenvalue weighted by Crippen LogP contribution is 2.37. The number of likely N-dealkylation sites (tertiary alicyclic amines) is 1. The van der Waals surface area contributed by atoms with Crippen LogP contribution in [-0.4, -0.2) is 59.9 Å². The molecule has 5 rings (SSSR count). The molecule has 1 aromatic heterocycles. The van der Waals surface area contributed by atoms with Gasteiger partial charge in [-0.05, 0) is 55.2 Å². The minimum absolute atomic E-state index is 0.181. The molecule has 3 aromatic rings. The van der Waals surface area contributed by atoms with Gasteiger partial charge in [0.05, 0.1) is 31.9 Å². The van der Waals surface area contributed by atoms with Crippen molar-refractivity contribution in [1.82, 2.24) is 15.2 Å². The summed E-state index contributed by atoms with van der Waals surface area (Å²) in [6.07, 6.45) is 4.01. The summed E-state index contributed by atoms with van der Waals surface area (Å²) in [7, 11) is 1.73. The van der Waals surface area contributed by atoms with E-state index in [0.29, 0.717) is 17.6 Å². The number of aromatic nitrogens is 1. The number of nitrogens with zero attached hydrogens (tertiary/aromatic N) is 1. The van der Waals surface area contributed by atoms with Crippen molar-refractivity contribution in [2.45, 2.75) is 44.4 Å². The van der Waals surface area contributed by atoms with Gasteiger partial charge in [-0.25, -0.2) is 4.79 Å². The normalized spacial score (nSPS) is 21.8. The fourth-order valence-corrected chi connectivity index (χ4v) is 5.20. The summed E-state index contributed by atoms with van der Waals surface area (Å²) in [6, 6.07) is 12.6. The number of benzene rings is 2. The molecule has 2 aromatic carbocycles. The number of aromatic amines is 1. The number of rotatable bonds is 7. The lowest BCUT2D eigenvalue weighted by Crippen LogP contribution is -2.53. The molecular formula is C26H31N3O4. The maximum Gasteiger partial charge on any atom is 0.335 e. The Morgan fingerprint density at radius 3 is 2.70 bits per heavy atom. The van der Waals surface area contributed by atoms with Crippen molar-refractivity contribution in [1.29, 1.82) is 0 Å². The van der Waals surface area contributed by atoms with E-state index in [4.69, 9.17) is 9.47 Å². The highest BCUT2D eigenvalue weighted by molar-refractivity contribution is 5.88. The second-order valence-electron chi connectivity index (χ2n) is 9.18. The van der Waals surface area contributed by atoms with Gasteiger partial charge in [0.2, 0.25) is 0 Å². The molecule has 0 radical (unpaired) electrons. The van der Waals surface area contributed by atoms with Gasteiger partial charge in [-0.1, -0.05) is 12.1 Å². The van der Waals surface area contributed by atoms with E-state index in [-0.39, 0.29) is 6.04 Å². The first kappa shape index (κ1) is 21.9. The second kappa shape index (κ2) is 9.17. The molecule has 7 nitrogen and oxygen atoms in total. The molecule has 0 spiro atoms. The summed E-state index contributed by atoms with van der Waals surface area (Å²) in [6.45, 7) is 5.37. The van der Waals surface area contributed by atoms with E-state index in [1.54, 1.807) is 19.2 Å². The van der Waals surface area contributed by atoms with Gasteiger partial charge >= 0.3 is 5.97 Å². The third-order valence-corrected chi connectivity index (χ3v) is 7.06. The molecule has 7 heteroatoms. The lowest BCUT2D eigenvalue weighted by Gasteiger charge is -2.42. The molecule has 174 valence electrons. The van der Waals surface area contributed by atoms with Crippen molar-refractivity contribution in [3.05, 3.63) is 64.8 Å². The van der Waals surface area contributed by atoms with Crippen LogP contribution in [0.2, 0.25) is 0 Å². The van der Waals surface area contributed by atoms with Crippen LogP contribution in [0.3, 0.4) is 0 Å². The molecule has 2 atom stereocenters. The molecule has 3 N–H and O–H groups in total. The first-order valence-corrected chi connectivity index (χ1v) is 11.6. The van der Waals surface area contributed by atoms with Gasteiger partial charge in [0, 0.05) is 47.8 Å². The largest absolute Gasteiger partial charge is 0.496 e. The number of hydrogen-bond acceptors (Lipinski definition) is 5. The van der Waals surface area contributed by atoms with E-state index in [1.165, 1.54) is 16.5 Å². The highest BCUT2D eigenvalue weighted by atomic mass is 16.5. The molecule has 0 unspecified atom stereocenters. The van der Waals surface area contributed by atoms with Crippen LogP contribution in [0.25, 0.3) is 10.9 Å². The molecule has 2 aliphatic rings. The summed E-state index contributed by atoms with van der Waals surface area (Å²) < 4.78 is 11.1. The van der Waals surface area contributed by atoms with E-state index in [9.17, 15) is 9.90 Å². The molecule has 0 aliphatic carbocycles. The van der Waals surface area contributed by atoms with Crippen molar-refractivity contribution in [2.75, 3.05) is 26.9 Å². The van der Waals surface area contributed by atoms with Crippen LogP contribution in [-0.2, 0) is 11.3 Å². The average molecular weight is 450 g/mol. The van der Waals surface area contributed by atoms with Crippen LogP contribution < -0.4 is 10.1 Å². The van der Waals surface area contributed by atoms with E-state index in [0.717, 1.165) is 56.0 Å². The average Bonchev–Trinajstić information content (AvgIpc) is 3.29. The first-order valence-electron chi connectivity index (χ1n) is 11.6. The van der Waals surface area contributed by atoms with E-state index in [1.807, 2.05) is 18.3 Å². The topological polar surface area (TPSA) is 86.8 Å². The van der Waals surface area contributed by atoms with Crippen molar-refractivity contribution >= 4 is 16.9 Å². The van der Waals surface area contributed by atoms with Crippen LogP contribution >= 0.6 is 0 Å². The van der Waals surface area contributed by atoms with Gasteiger partial charge in [-0.2, -0.15) is 0 Å². The summed E-state index contributed by atoms with van der Waals surface area (Å²) >= 11 is 0. The first-order chi connectivity index (χ1) is 16.0. The number of aromatic carboxylic acids is 1. The fourth-order valence-electron chi connectivity index (χ4n) is 5.20.